The summed E-state index contributed by atoms with van der Waals surface area (Å²) >= 11 is 6.04. The number of hydrogen-bond donors (Lipinski definition) is 1. The van der Waals surface area contributed by atoms with E-state index in [2.05, 4.69) is 0 Å². The van der Waals surface area contributed by atoms with Crippen LogP contribution in [-0.4, -0.2) is 17.7 Å². The van der Waals surface area contributed by atoms with Crippen molar-refractivity contribution in [2.24, 2.45) is 0 Å². The molecule has 1 aliphatic carbocycles. The molecule has 0 bridgehead atoms. The highest BCUT2D eigenvalue weighted by molar-refractivity contribution is 6.30. The van der Waals surface area contributed by atoms with E-state index in [0.29, 0.717) is 45.9 Å². The fourth-order valence-corrected chi connectivity index (χ4v) is 3.44. The summed E-state index contributed by atoms with van der Waals surface area (Å²) < 4.78 is 11.2. The number of allylic oxidation sites excluding steroid dienone is 1. The van der Waals surface area contributed by atoms with Crippen LogP contribution in [0.1, 0.15) is 23.3 Å². The number of carboxylic acids is 1. The number of aliphatic carboxylic acids is 1. The van der Waals surface area contributed by atoms with Crippen LogP contribution in [-0.2, 0) is 11.2 Å². The van der Waals surface area contributed by atoms with Crippen molar-refractivity contribution in [2.45, 2.75) is 12.8 Å². The van der Waals surface area contributed by atoms with Gasteiger partial charge in [0.05, 0.1) is 5.39 Å². The van der Waals surface area contributed by atoms with Gasteiger partial charge in [0.2, 0.25) is 0 Å². The minimum Gasteiger partial charge on any atom is -0.482 e. The molecule has 4 rings (SSSR count). The zero-order valence-electron chi connectivity index (χ0n) is 14.2. The molecule has 27 heavy (non-hydrogen) atoms. The molecule has 5 nitrogen and oxygen atoms in total. The molecule has 0 atom stereocenters. The maximum atomic E-state index is 12.8. The van der Waals surface area contributed by atoms with Gasteiger partial charge in [-0.25, -0.2) is 4.79 Å². The van der Waals surface area contributed by atoms with Gasteiger partial charge in [-0.1, -0.05) is 23.7 Å². The summed E-state index contributed by atoms with van der Waals surface area (Å²) in [7, 11) is 0. The van der Waals surface area contributed by atoms with Crippen molar-refractivity contribution in [2.75, 3.05) is 6.61 Å². The second-order valence-electron chi connectivity index (χ2n) is 6.30. The van der Waals surface area contributed by atoms with E-state index in [9.17, 15) is 9.59 Å². The second kappa shape index (κ2) is 6.93. The molecular weight excluding hydrogens is 368 g/mol. The van der Waals surface area contributed by atoms with E-state index in [1.807, 2.05) is 24.3 Å². The number of carbonyl (C=O) groups is 1. The Morgan fingerprint density at radius 3 is 2.85 bits per heavy atom. The van der Waals surface area contributed by atoms with Crippen molar-refractivity contribution in [1.29, 1.82) is 0 Å². The third-order valence-electron chi connectivity index (χ3n) is 4.45. The van der Waals surface area contributed by atoms with Crippen molar-refractivity contribution >= 4 is 40.2 Å². The van der Waals surface area contributed by atoms with Crippen LogP contribution in [0.5, 0.6) is 5.75 Å². The fraction of sp³-hybridized carbons (Fsp3) is 0.143. The molecule has 0 fully saturated rings. The lowest BCUT2D eigenvalue weighted by Gasteiger charge is -2.07. The van der Waals surface area contributed by atoms with Crippen molar-refractivity contribution in [3.8, 4) is 5.75 Å². The quantitative estimate of drug-likeness (QED) is 0.723. The summed E-state index contributed by atoms with van der Waals surface area (Å²) in [5, 5.41) is 9.84. The molecule has 1 aliphatic rings. The summed E-state index contributed by atoms with van der Waals surface area (Å²) in [5.41, 5.74) is 2.84. The minimum absolute atomic E-state index is 0.0643. The van der Waals surface area contributed by atoms with E-state index in [1.165, 1.54) is 0 Å². The van der Waals surface area contributed by atoms with Crippen molar-refractivity contribution in [3.05, 3.63) is 74.6 Å². The van der Waals surface area contributed by atoms with Crippen LogP contribution >= 0.6 is 11.6 Å². The summed E-state index contributed by atoms with van der Waals surface area (Å²) in [6.07, 6.45) is 3.30. The van der Waals surface area contributed by atoms with Crippen LogP contribution in [0.4, 0.5) is 0 Å². The lowest BCUT2D eigenvalue weighted by Crippen LogP contribution is -2.10. The van der Waals surface area contributed by atoms with Gasteiger partial charge in [0.1, 0.15) is 17.1 Å². The molecule has 0 unspecified atom stereocenters. The Labute approximate surface area is 159 Å². The molecule has 3 aromatic rings. The van der Waals surface area contributed by atoms with Gasteiger partial charge in [-0.05, 0) is 54.3 Å². The van der Waals surface area contributed by atoms with E-state index in [0.717, 1.165) is 11.1 Å². The largest absolute Gasteiger partial charge is 0.482 e. The Kier molecular flexibility index (Phi) is 4.46. The molecule has 0 amide bonds. The molecule has 1 N–H and O–H groups in total. The van der Waals surface area contributed by atoms with Crippen LogP contribution in [0.3, 0.4) is 0 Å². The van der Waals surface area contributed by atoms with E-state index in [1.54, 1.807) is 24.3 Å². The number of hydrogen-bond acceptors (Lipinski definition) is 4. The van der Waals surface area contributed by atoms with Gasteiger partial charge in [0.15, 0.2) is 12.0 Å². The number of benzene rings is 2. The first-order valence-electron chi connectivity index (χ1n) is 8.42. The molecule has 0 spiro atoms. The Bertz CT molecular complexity index is 1140. The van der Waals surface area contributed by atoms with Crippen LogP contribution < -0.4 is 10.2 Å². The fourth-order valence-electron chi connectivity index (χ4n) is 3.24. The predicted molar refractivity (Wildman–Crippen MR) is 103 cm³/mol. The van der Waals surface area contributed by atoms with Crippen molar-refractivity contribution in [3.63, 3.8) is 0 Å². The monoisotopic (exact) mass is 382 g/mol. The average Bonchev–Trinajstić information content (AvgIpc) is 3.03. The Morgan fingerprint density at radius 2 is 2.07 bits per heavy atom. The van der Waals surface area contributed by atoms with Crippen LogP contribution in [0.2, 0.25) is 5.02 Å². The van der Waals surface area contributed by atoms with E-state index >= 15 is 0 Å². The third-order valence-corrected chi connectivity index (χ3v) is 4.68. The molecule has 1 heterocycles. The average molecular weight is 383 g/mol. The highest BCUT2D eigenvalue weighted by Crippen LogP contribution is 2.35. The maximum absolute atomic E-state index is 12.8. The molecule has 136 valence electrons. The number of halogens is 1. The Hall–Kier alpha value is -3.05. The third kappa shape index (κ3) is 3.46. The van der Waals surface area contributed by atoms with Gasteiger partial charge in [0.25, 0.3) is 0 Å². The summed E-state index contributed by atoms with van der Waals surface area (Å²) in [4.78, 5) is 23.5. The summed E-state index contributed by atoms with van der Waals surface area (Å²) in [6, 6.07) is 12.2. The van der Waals surface area contributed by atoms with Crippen molar-refractivity contribution in [1.82, 2.24) is 0 Å². The zero-order valence-corrected chi connectivity index (χ0v) is 15.0. The highest BCUT2D eigenvalue weighted by Gasteiger charge is 2.24. The number of rotatable bonds is 4. The van der Waals surface area contributed by atoms with Gasteiger partial charge in [0, 0.05) is 16.7 Å². The lowest BCUT2D eigenvalue weighted by molar-refractivity contribution is -0.139. The van der Waals surface area contributed by atoms with Crippen LogP contribution in [0.15, 0.2) is 51.7 Å². The molecule has 2 aromatic carbocycles. The first-order valence-corrected chi connectivity index (χ1v) is 8.80. The van der Waals surface area contributed by atoms with Gasteiger partial charge >= 0.3 is 5.97 Å². The zero-order chi connectivity index (χ0) is 19.0. The topological polar surface area (TPSA) is 76.7 Å². The standard InChI is InChI=1S/C21H15ClO5/c22-14-3-1-2-12(9-14)8-13-4-6-17-20(25)16-7-5-15(26-11-19(23)24)10-18(16)27-21(13)17/h1-3,5,7-10H,4,6,11H2,(H,23,24)/b13-8+. The Balaban J connectivity index is 1.79. The maximum Gasteiger partial charge on any atom is 0.341 e. The summed E-state index contributed by atoms with van der Waals surface area (Å²) in [6.45, 7) is -0.458. The highest BCUT2D eigenvalue weighted by atomic mass is 35.5. The molecule has 0 aliphatic heterocycles. The molecule has 6 heteroatoms. The van der Waals surface area contributed by atoms with Gasteiger partial charge in [-0.15, -0.1) is 0 Å². The minimum atomic E-state index is -1.07. The molecule has 0 radical (unpaired) electrons. The SMILES string of the molecule is O=C(O)COc1ccc2c(=O)c3c(oc2c1)/C(=C/c1cccc(Cl)c1)CC3. The first kappa shape index (κ1) is 17.4. The van der Waals surface area contributed by atoms with E-state index in [-0.39, 0.29) is 5.43 Å². The summed E-state index contributed by atoms with van der Waals surface area (Å²) in [5.74, 6) is -0.161. The first-order chi connectivity index (χ1) is 13.0. The van der Waals surface area contributed by atoms with Gasteiger partial charge < -0.3 is 14.3 Å². The molecule has 1 aromatic heterocycles. The van der Waals surface area contributed by atoms with Crippen LogP contribution in [0.25, 0.3) is 22.6 Å². The molecule has 0 saturated heterocycles. The van der Waals surface area contributed by atoms with Crippen molar-refractivity contribution < 1.29 is 19.1 Å². The lowest BCUT2D eigenvalue weighted by atomic mass is 10.1. The predicted octanol–water partition coefficient (Wildman–Crippen LogP) is 4.40. The number of ether oxygens (including phenoxy) is 1. The number of carboxylic acid groups (broad SMARTS) is 1. The van der Waals surface area contributed by atoms with Gasteiger partial charge in [-0.3, -0.25) is 4.79 Å². The Morgan fingerprint density at radius 1 is 1.22 bits per heavy atom. The van der Waals surface area contributed by atoms with Gasteiger partial charge in [-0.2, -0.15) is 0 Å². The van der Waals surface area contributed by atoms with E-state index < -0.39 is 12.6 Å². The second-order valence-corrected chi connectivity index (χ2v) is 6.74. The number of fused-ring (bicyclic) bond motifs is 2. The van der Waals surface area contributed by atoms with Crippen LogP contribution in [0, 0.1) is 0 Å². The van der Waals surface area contributed by atoms with E-state index in [4.69, 9.17) is 25.9 Å². The molecular formula is C21H15ClO5. The normalized spacial score (nSPS) is 14.5. The smallest absolute Gasteiger partial charge is 0.341 e. The molecule has 0 saturated carbocycles.